The van der Waals surface area contributed by atoms with Gasteiger partial charge in [-0.3, -0.25) is 0 Å². The van der Waals surface area contributed by atoms with Crippen LogP contribution in [0.4, 0.5) is 0 Å². The molecule has 3 aromatic heterocycles. The van der Waals surface area contributed by atoms with Crippen molar-refractivity contribution in [3.8, 4) is 62.3 Å². The SMILES string of the molecule is CC(C)C(Oc1cccc2c1-c1cc3[nH]c(cc4nc(cc5[nH]c(cc-2n1)c1c(OC(C(C)C)C(C)C)cccc51)-c1cc2ccccc2cc1-4)c1c(OC(C(C)C)C(C)C)cccc31)C(C)C. The molecule has 5 aromatic carbocycles. The molecule has 5 heterocycles. The van der Waals surface area contributed by atoms with Gasteiger partial charge in [0, 0.05) is 49.3 Å². The van der Waals surface area contributed by atoms with E-state index in [4.69, 9.17) is 24.2 Å². The van der Waals surface area contributed by atoms with Crippen molar-refractivity contribution in [2.75, 3.05) is 0 Å². The van der Waals surface area contributed by atoms with Crippen LogP contribution in [0.15, 0.2) is 115 Å². The van der Waals surface area contributed by atoms with E-state index in [0.717, 1.165) is 106 Å². The molecule has 8 bridgehead atoms. The van der Waals surface area contributed by atoms with Gasteiger partial charge in [-0.05, 0) is 101 Å². The molecule has 0 aliphatic carbocycles. The lowest BCUT2D eigenvalue weighted by molar-refractivity contribution is 0.106. The lowest BCUT2D eigenvalue weighted by Crippen LogP contribution is -2.29. The van der Waals surface area contributed by atoms with E-state index in [1.54, 1.807) is 0 Å². The molecule has 0 saturated heterocycles. The fraction of sp³-hybridized carbons (Fsp3) is 0.344. The number of benzene rings is 5. The third-order valence-electron chi connectivity index (χ3n) is 14.0. The maximum atomic E-state index is 7.07. The normalized spacial score (nSPS) is 12.7. The summed E-state index contributed by atoms with van der Waals surface area (Å²) in [5.41, 5.74) is 11.3. The third kappa shape index (κ3) is 8.07. The molecule has 2 aliphatic heterocycles. The van der Waals surface area contributed by atoms with Gasteiger partial charge < -0.3 is 24.2 Å². The second kappa shape index (κ2) is 17.8. The molecule has 0 amide bonds. The highest BCUT2D eigenvalue weighted by atomic mass is 16.5. The Hall–Kier alpha value is -6.60. The van der Waals surface area contributed by atoms with Crippen LogP contribution in [0.25, 0.3) is 99.4 Å². The number of aromatic nitrogens is 4. The molecular formula is C61H66N4O3. The summed E-state index contributed by atoms with van der Waals surface area (Å²) in [5, 5.41) is 6.47. The monoisotopic (exact) mass is 903 g/mol. The van der Waals surface area contributed by atoms with Crippen LogP contribution >= 0.6 is 0 Å². The third-order valence-corrected chi connectivity index (χ3v) is 14.0. The fourth-order valence-corrected chi connectivity index (χ4v) is 11.1. The standard InChI is InChI=1S/C61H66N4O3/c1-32(2)59(33(3)4)66-53-23-15-20-40-45-28-48-43-26-38-18-13-14-19-39(38)27-44(43)49(62-48)31-52-58-42(22-17-25-55(58)68-61(36(9)10)37(11)12)47(65-52)30-51-57-41(46(64-51)29-50(63-45)56(40)53)21-16-24-54(57)67-60(34(5)6)35(7)8/h13-37,59-61,63,65H,1-12H3. The first kappa shape index (κ1) is 45.2. The predicted octanol–water partition coefficient (Wildman–Crippen LogP) is 16.6. The van der Waals surface area contributed by atoms with Gasteiger partial charge in [0.2, 0.25) is 0 Å². The lowest BCUT2D eigenvalue weighted by Gasteiger charge is -2.27. The molecule has 7 heteroatoms. The molecule has 68 heavy (non-hydrogen) atoms. The van der Waals surface area contributed by atoms with E-state index in [9.17, 15) is 0 Å². The first-order valence-electron chi connectivity index (χ1n) is 24.9. The molecule has 7 nitrogen and oxygen atoms in total. The number of rotatable bonds is 12. The van der Waals surface area contributed by atoms with Gasteiger partial charge >= 0.3 is 0 Å². The summed E-state index contributed by atoms with van der Waals surface area (Å²) in [6, 6.07) is 41.2. The number of ether oxygens (including phenoxy) is 3. The summed E-state index contributed by atoms with van der Waals surface area (Å²) in [4.78, 5) is 18.9. The quantitative estimate of drug-likeness (QED) is 0.128. The average Bonchev–Trinajstić information content (AvgIpc) is 4.03. The van der Waals surface area contributed by atoms with E-state index in [1.165, 1.54) is 10.8 Å². The maximum Gasteiger partial charge on any atom is 0.129 e. The van der Waals surface area contributed by atoms with Crippen molar-refractivity contribution in [1.29, 1.82) is 0 Å². The van der Waals surface area contributed by atoms with Gasteiger partial charge in [0.05, 0.1) is 39.4 Å². The summed E-state index contributed by atoms with van der Waals surface area (Å²) in [6.45, 7) is 26.9. The van der Waals surface area contributed by atoms with Crippen molar-refractivity contribution >= 4 is 54.4 Å². The van der Waals surface area contributed by atoms with Gasteiger partial charge in [-0.2, -0.15) is 0 Å². The molecular weight excluding hydrogens is 837 g/mol. The molecule has 0 radical (unpaired) electrons. The van der Waals surface area contributed by atoms with Gasteiger partial charge in [-0.25, -0.2) is 9.97 Å². The summed E-state index contributed by atoms with van der Waals surface area (Å²) < 4.78 is 21.2. The summed E-state index contributed by atoms with van der Waals surface area (Å²) >= 11 is 0. The Morgan fingerprint density at radius 1 is 0.353 bits per heavy atom. The maximum absolute atomic E-state index is 7.07. The van der Waals surface area contributed by atoms with E-state index in [1.807, 2.05) is 0 Å². The predicted molar refractivity (Wildman–Crippen MR) is 285 cm³/mol. The van der Waals surface area contributed by atoms with Gasteiger partial charge in [0.25, 0.3) is 0 Å². The van der Waals surface area contributed by atoms with E-state index >= 15 is 0 Å². The molecule has 2 aliphatic rings. The zero-order valence-corrected chi connectivity index (χ0v) is 41.8. The topological polar surface area (TPSA) is 85.1 Å². The highest BCUT2D eigenvalue weighted by molar-refractivity contribution is 6.13. The minimum absolute atomic E-state index is 0.00758. The molecule has 348 valence electrons. The highest BCUT2D eigenvalue weighted by Crippen LogP contribution is 2.47. The zero-order chi connectivity index (χ0) is 47.7. The minimum atomic E-state index is 0.00758. The Labute approximate surface area is 401 Å². The second-order valence-electron chi connectivity index (χ2n) is 21.2. The van der Waals surface area contributed by atoms with Crippen molar-refractivity contribution in [1.82, 2.24) is 19.9 Å². The summed E-state index contributed by atoms with van der Waals surface area (Å²) in [6.07, 6.45) is 0.0446. The van der Waals surface area contributed by atoms with Crippen LogP contribution < -0.4 is 14.2 Å². The Bertz CT molecular complexity index is 3360. The fourth-order valence-electron chi connectivity index (χ4n) is 11.1. The number of nitrogens with one attached hydrogen (secondary N) is 2. The zero-order valence-electron chi connectivity index (χ0n) is 41.8. The number of hydrogen-bond donors (Lipinski definition) is 2. The smallest absolute Gasteiger partial charge is 0.129 e. The van der Waals surface area contributed by atoms with Crippen molar-refractivity contribution in [3.63, 3.8) is 0 Å². The number of fused-ring (bicyclic) bond motifs is 21. The Kier molecular flexibility index (Phi) is 11.8. The van der Waals surface area contributed by atoms with Crippen molar-refractivity contribution in [3.05, 3.63) is 115 Å². The lowest BCUT2D eigenvalue weighted by atomic mass is 9.95. The second-order valence-corrected chi connectivity index (χ2v) is 21.2. The van der Waals surface area contributed by atoms with Crippen LogP contribution in [0.2, 0.25) is 0 Å². The highest BCUT2D eigenvalue weighted by Gasteiger charge is 2.28. The summed E-state index contributed by atoms with van der Waals surface area (Å²) in [7, 11) is 0. The number of hydrogen-bond acceptors (Lipinski definition) is 5. The molecule has 0 fully saturated rings. The van der Waals surface area contributed by atoms with Crippen molar-refractivity contribution in [2.45, 2.75) is 101 Å². The first-order valence-corrected chi connectivity index (χ1v) is 24.9. The van der Waals surface area contributed by atoms with E-state index < -0.39 is 0 Å². The van der Waals surface area contributed by atoms with Gasteiger partial charge in [0.15, 0.2) is 0 Å². The number of nitrogens with zero attached hydrogens (tertiary/aromatic N) is 2. The van der Waals surface area contributed by atoms with Crippen molar-refractivity contribution in [2.24, 2.45) is 35.5 Å². The average molecular weight is 903 g/mol. The molecule has 0 unspecified atom stereocenters. The Morgan fingerprint density at radius 3 is 1.18 bits per heavy atom. The molecule has 10 rings (SSSR count). The van der Waals surface area contributed by atoms with Crippen LogP contribution in [0, 0.1) is 35.5 Å². The number of aromatic amines is 2. The van der Waals surface area contributed by atoms with Gasteiger partial charge in [0.1, 0.15) is 35.6 Å². The van der Waals surface area contributed by atoms with Crippen LogP contribution in [0.1, 0.15) is 83.1 Å². The van der Waals surface area contributed by atoms with Gasteiger partial charge in [-0.15, -0.1) is 0 Å². The molecule has 8 aromatic rings. The first-order chi connectivity index (χ1) is 32.6. The minimum Gasteiger partial charge on any atom is -0.489 e. The van der Waals surface area contributed by atoms with Crippen LogP contribution in [-0.2, 0) is 0 Å². The van der Waals surface area contributed by atoms with E-state index in [2.05, 4.69) is 208 Å². The van der Waals surface area contributed by atoms with Crippen LogP contribution in [0.3, 0.4) is 0 Å². The number of H-pyrrole nitrogens is 2. The van der Waals surface area contributed by atoms with E-state index in [0.29, 0.717) is 35.5 Å². The van der Waals surface area contributed by atoms with Crippen LogP contribution in [0.5, 0.6) is 17.2 Å². The van der Waals surface area contributed by atoms with Crippen LogP contribution in [-0.4, -0.2) is 38.2 Å². The molecule has 0 atom stereocenters. The van der Waals surface area contributed by atoms with Gasteiger partial charge in [-0.1, -0.05) is 144 Å². The molecule has 2 N–H and O–H groups in total. The Morgan fingerprint density at radius 2 is 0.721 bits per heavy atom. The van der Waals surface area contributed by atoms with Crippen molar-refractivity contribution < 1.29 is 14.2 Å². The largest absolute Gasteiger partial charge is 0.489 e. The summed E-state index contributed by atoms with van der Waals surface area (Å²) in [5.74, 6) is 4.40. The van der Waals surface area contributed by atoms with E-state index in [-0.39, 0.29) is 18.3 Å². The Balaban J connectivity index is 1.36. The molecule has 0 spiro atoms. The molecule has 0 saturated carbocycles.